The van der Waals surface area contributed by atoms with Crippen LogP contribution >= 0.6 is 0 Å². The molecule has 2 N–H and O–H groups in total. The molecule has 0 saturated heterocycles. The lowest BCUT2D eigenvalue weighted by Crippen LogP contribution is -2.37. The van der Waals surface area contributed by atoms with Crippen molar-refractivity contribution in [2.75, 3.05) is 0 Å². The third-order valence-corrected chi connectivity index (χ3v) is 3.11. The van der Waals surface area contributed by atoms with Gasteiger partial charge in [0.15, 0.2) is 5.41 Å². The van der Waals surface area contributed by atoms with E-state index in [1.165, 1.54) is 6.08 Å². The topological polar surface area (TPSA) is 74.6 Å². The molecule has 1 aliphatic carbocycles. The van der Waals surface area contributed by atoms with Crippen molar-refractivity contribution in [3.05, 3.63) is 12.2 Å². The van der Waals surface area contributed by atoms with E-state index in [1.54, 1.807) is 6.08 Å². The Morgan fingerprint density at radius 2 is 1.50 bits per heavy atom. The zero-order chi connectivity index (χ0) is 12.0. The second kappa shape index (κ2) is 5.68. The SMILES string of the molecule is O=C(O)C1(C(=O)O)/C=C\CCCCCCC1. The summed E-state index contributed by atoms with van der Waals surface area (Å²) in [6.45, 7) is 0. The third kappa shape index (κ3) is 2.84. The highest BCUT2D eigenvalue weighted by atomic mass is 16.4. The molecule has 0 spiro atoms. The van der Waals surface area contributed by atoms with Crippen LogP contribution in [0.1, 0.15) is 44.9 Å². The van der Waals surface area contributed by atoms with Crippen LogP contribution in [0.5, 0.6) is 0 Å². The maximum atomic E-state index is 11.1. The van der Waals surface area contributed by atoms with Crippen LogP contribution in [0.3, 0.4) is 0 Å². The zero-order valence-corrected chi connectivity index (χ0v) is 9.32. The van der Waals surface area contributed by atoms with Gasteiger partial charge < -0.3 is 10.2 Å². The van der Waals surface area contributed by atoms with Crippen molar-refractivity contribution < 1.29 is 19.8 Å². The zero-order valence-electron chi connectivity index (χ0n) is 9.32. The number of carboxylic acid groups (broad SMARTS) is 2. The Morgan fingerprint density at radius 3 is 2.12 bits per heavy atom. The number of carboxylic acids is 2. The lowest BCUT2D eigenvalue weighted by Gasteiger charge is -2.21. The maximum Gasteiger partial charge on any atom is 0.324 e. The Labute approximate surface area is 95.0 Å². The molecule has 0 atom stereocenters. The summed E-state index contributed by atoms with van der Waals surface area (Å²) in [5.74, 6) is -2.51. The minimum atomic E-state index is -1.71. The molecule has 0 aromatic rings. The molecule has 16 heavy (non-hydrogen) atoms. The number of hydrogen-bond donors (Lipinski definition) is 2. The van der Waals surface area contributed by atoms with Gasteiger partial charge in [-0.3, -0.25) is 9.59 Å². The predicted octanol–water partition coefficient (Wildman–Crippen LogP) is 2.44. The molecule has 0 unspecified atom stereocenters. The molecule has 1 aliphatic rings. The van der Waals surface area contributed by atoms with Crippen molar-refractivity contribution in [1.82, 2.24) is 0 Å². The molecular formula is C12H18O4. The van der Waals surface area contributed by atoms with Crippen molar-refractivity contribution >= 4 is 11.9 Å². The molecule has 0 amide bonds. The highest BCUT2D eigenvalue weighted by molar-refractivity contribution is 6.00. The second-order valence-electron chi connectivity index (χ2n) is 4.29. The monoisotopic (exact) mass is 226 g/mol. The van der Waals surface area contributed by atoms with Crippen molar-refractivity contribution in [1.29, 1.82) is 0 Å². The summed E-state index contributed by atoms with van der Waals surface area (Å²) >= 11 is 0. The smallest absolute Gasteiger partial charge is 0.324 e. The molecule has 0 aromatic carbocycles. The molecule has 90 valence electrons. The molecule has 4 nitrogen and oxygen atoms in total. The van der Waals surface area contributed by atoms with Crippen LogP contribution in [0.2, 0.25) is 0 Å². The summed E-state index contributed by atoms with van der Waals surface area (Å²) in [6, 6.07) is 0. The van der Waals surface area contributed by atoms with Crippen LogP contribution in [0.15, 0.2) is 12.2 Å². The summed E-state index contributed by atoms with van der Waals surface area (Å²) in [7, 11) is 0. The lowest BCUT2D eigenvalue weighted by atomic mass is 9.81. The van der Waals surface area contributed by atoms with Crippen molar-refractivity contribution in [2.24, 2.45) is 5.41 Å². The fourth-order valence-electron chi connectivity index (χ4n) is 2.01. The fraction of sp³-hybridized carbons (Fsp3) is 0.667. The largest absolute Gasteiger partial charge is 0.480 e. The van der Waals surface area contributed by atoms with E-state index in [0.29, 0.717) is 6.42 Å². The van der Waals surface area contributed by atoms with Crippen molar-refractivity contribution in [3.63, 3.8) is 0 Å². The quantitative estimate of drug-likeness (QED) is 0.560. The number of carbonyl (C=O) groups is 2. The van der Waals surface area contributed by atoms with Gasteiger partial charge >= 0.3 is 11.9 Å². The van der Waals surface area contributed by atoms with E-state index in [-0.39, 0.29) is 6.42 Å². The average molecular weight is 226 g/mol. The van der Waals surface area contributed by atoms with Gasteiger partial charge in [0, 0.05) is 0 Å². The van der Waals surface area contributed by atoms with Gasteiger partial charge in [-0.15, -0.1) is 0 Å². The Morgan fingerprint density at radius 1 is 0.938 bits per heavy atom. The van der Waals surface area contributed by atoms with Crippen LogP contribution in [0.4, 0.5) is 0 Å². The van der Waals surface area contributed by atoms with Crippen LogP contribution in [-0.2, 0) is 9.59 Å². The van der Waals surface area contributed by atoms with Crippen LogP contribution in [0.25, 0.3) is 0 Å². The van der Waals surface area contributed by atoms with E-state index in [1.807, 2.05) is 0 Å². The first-order chi connectivity index (χ1) is 7.59. The molecule has 0 aliphatic heterocycles. The first-order valence-corrected chi connectivity index (χ1v) is 5.74. The van der Waals surface area contributed by atoms with Gasteiger partial charge in [0.1, 0.15) is 0 Å². The van der Waals surface area contributed by atoms with Gasteiger partial charge in [-0.25, -0.2) is 0 Å². The molecule has 4 heteroatoms. The molecule has 0 saturated carbocycles. The summed E-state index contributed by atoms with van der Waals surface area (Å²) in [6.07, 6.45) is 8.79. The standard InChI is InChI=1S/C12H18O4/c13-10(14)12(11(15)16)8-6-4-2-1-3-5-7-9-12/h6,8H,1-5,7,9H2,(H,13,14)(H,15,16)/b8-6-. The fourth-order valence-corrected chi connectivity index (χ4v) is 2.01. The van der Waals surface area contributed by atoms with Crippen molar-refractivity contribution in [3.8, 4) is 0 Å². The van der Waals surface area contributed by atoms with Crippen LogP contribution in [0, 0.1) is 5.41 Å². The highest BCUT2D eigenvalue weighted by Crippen LogP contribution is 2.29. The molecule has 1 rings (SSSR count). The predicted molar refractivity (Wildman–Crippen MR) is 59.2 cm³/mol. The van der Waals surface area contributed by atoms with Gasteiger partial charge in [-0.05, 0) is 19.3 Å². The van der Waals surface area contributed by atoms with E-state index in [2.05, 4.69) is 0 Å². The molecule has 0 heterocycles. The molecule has 0 aromatic heterocycles. The minimum Gasteiger partial charge on any atom is -0.480 e. The first-order valence-electron chi connectivity index (χ1n) is 5.74. The van der Waals surface area contributed by atoms with Crippen molar-refractivity contribution in [2.45, 2.75) is 44.9 Å². The van der Waals surface area contributed by atoms with Gasteiger partial charge in [-0.1, -0.05) is 37.8 Å². The van der Waals surface area contributed by atoms with Crippen LogP contribution in [-0.4, -0.2) is 22.2 Å². The van der Waals surface area contributed by atoms with E-state index in [0.717, 1.165) is 32.1 Å². The van der Waals surface area contributed by atoms with Gasteiger partial charge in [-0.2, -0.15) is 0 Å². The van der Waals surface area contributed by atoms with Gasteiger partial charge in [0.25, 0.3) is 0 Å². The Bertz CT molecular complexity index is 279. The van der Waals surface area contributed by atoms with Gasteiger partial charge in [0.2, 0.25) is 0 Å². The Hall–Kier alpha value is -1.32. The molecule has 0 fully saturated rings. The molecular weight excluding hydrogens is 208 g/mol. The van der Waals surface area contributed by atoms with E-state index >= 15 is 0 Å². The number of rotatable bonds is 2. The van der Waals surface area contributed by atoms with E-state index in [4.69, 9.17) is 10.2 Å². The highest BCUT2D eigenvalue weighted by Gasteiger charge is 2.43. The van der Waals surface area contributed by atoms with E-state index in [9.17, 15) is 9.59 Å². The lowest BCUT2D eigenvalue weighted by molar-refractivity contribution is -0.161. The number of allylic oxidation sites excluding steroid dienone is 1. The third-order valence-electron chi connectivity index (χ3n) is 3.11. The Kier molecular flexibility index (Phi) is 4.52. The molecule has 0 bridgehead atoms. The second-order valence-corrected chi connectivity index (χ2v) is 4.29. The summed E-state index contributed by atoms with van der Waals surface area (Å²) in [5.41, 5.74) is -1.71. The maximum absolute atomic E-state index is 11.1. The van der Waals surface area contributed by atoms with Crippen LogP contribution < -0.4 is 0 Å². The summed E-state index contributed by atoms with van der Waals surface area (Å²) in [4.78, 5) is 22.3. The molecule has 0 radical (unpaired) electrons. The number of hydrogen-bond acceptors (Lipinski definition) is 2. The number of aliphatic carboxylic acids is 2. The van der Waals surface area contributed by atoms with E-state index < -0.39 is 17.4 Å². The average Bonchev–Trinajstić information content (AvgIpc) is 2.24. The van der Waals surface area contributed by atoms with Gasteiger partial charge in [0.05, 0.1) is 0 Å². The normalized spacial score (nSPS) is 23.2. The first kappa shape index (κ1) is 12.7. The summed E-state index contributed by atoms with van der Waals surface area (Å²) < 4.78 is 0. The Balaban J connectivity index is 2.91. The minimum absolute atomic E-state index is 0.189. The summed E-state index contributed by atoms with van der Waals surface area (Å²) in [5, 5.41) is 18.2.